The lowest BCUT2D eigenvalue weighted by molar-refractivity contribution is -0.111. The molecule has 1 N–H and O–H groups in total. The second-order valence-corrected chi connectivity index (χ2v) is 8.82. The molecule has 0 fully saturated rings. The van der Waals surface area contributed by atoms with Crippen molar-refractivity contribution in [1.82, 2.24) is 15.2 Å². The van der Waals surface area contributed by atoms with Crippen molar-refractivity contribution in [3.8, 4) is 5.75 Å². The third kappa shape index (κ3) is 6.29. The van der Waals surface area contributed by atoms with E-state index < -0.39 is 0 Å². The van der Waals surface area contributed by atoms with Crippen molar-refractivity contribution in [2.75, 3.05) is 11.1 Å². The van der Waals surface area contributed by atoms with Crippen molar-refractivity contribution < 1.29 is 9.53 Å². The van der Waals surface area contributed by atoms with E-state index in [4.69, 9.17) is 4.74 Å². The minimum absolute atomic E-state index is 0.254. The summed E-state index contributed by atoms with van der Waals surface area (Å²) in [5.74, 6) is 1.26. The highest BCUT2D eigenvalue weighted by molar-refractivity contribution is 8.01. The zero-order chi connectivity index (χ0) is 19.8. The molecule has 6 nitrogen and oxygen atoms in total. The van der Waals surface area contributed by atoms with Crippen LogP contribution >= 0.6 is 34.4 Å². The smallest absolute Gasteiger partial charge is 0.250 e. The van der Waals surface area contributed by atoms with Crippen LogP contribution in [0.1, 0.15) is 16.3 Å². The van der Waals surface area contributed by atoms with Gasteiger partial charge >= 0.3 is 0 Å². The number of nitrogens with zero attached hydrogens (tertiary/aromatic N) is 3. The molecule has 3 aromatic rings. The number of thiazole rings is 1. The number of carbonyl (C=O) groups is 1. The van der Waals surface area contributed by atoms with Gasteiger partial charge in [0.1, 0.15) is 12.4 Å². The lowest BCUT2D eigenvalue weighted by Gasteiger charge is -2.04. The van der Waals surface area contributed by atoms with Crippen LogP contribution in [0.15, 0.2) is 52.7 Å². The predicted octanol–water partition coefficient (Wildman–Crippen LogP) is 4.81. The molecule has 0 aliphatic rings. The summed E-state index contributed by atoms with van der Waals surface area (Å²) in [5.41, 5.74) is 1.82. The largest absolute Gasteiger partial charge is 0.487 e. The van der Waals surface area contributed by atoms with Crippen molar-refractivity contribution in [2.45, 2.75) is 17.9 Å². The number of amides is 1. The van der Waals surface area contributed by atoms with Crippen molar-refractivity contribution >= 4 is 51.6 Å². The van der Waals surface area contributed by atoms with E-state index in [1.54, 1.807) is 23.5 Å². The fraction of sp³-hybridized carbons (Fsp3) is 0.158. The van der Waals surface area contributed by atoms with E-state index >= 15 is 0 Å². The molecular weight excluding hydrogens is 412 g/mol. The van der Waals surface area contributed by atoms with Crippen LogP contribution in [0.3, 0.4) is 0 Å². The first-order valence-corrected chi connectivity index (χ1v) is 11.0. The number of thioether (sulfide) groups is 1. The van der Waals surface area contributed by atoms with E-state index in [0.717, 1.165) is 32.1 Å². The molecule has 2 heterocycles. The molecule has 28 heavy (non-hydrogen) atoms. The van der Waals surface area contributed by atoms with Crippen LogP contribution in [0.4, 0.5) is 5.13 Å². The number of hydrogen-bond acceptors (Lipinski definition) is 8. The van der Waals surface area contributed by atoms with Gasteiger partial charge in [-0.2, -0.15) is 0 Å². The van der Waals surface area contributed by atoms with E-state index in [2.05, 4.69) is 27.1 Å². The Morgan fingerprint density at radius 1 is 1.32 bits per heavy atom. The fourth-order valence-corrected chi connectivity index (χ4v) is 4.19. The van der Waals surface area contributed by atoms with Crippen molar-refractivity contribution in [3.63, 3.8) is 0 Å². The van der Waals surface area contributed by atoms with Crippen molar-refractivity contribution in [2.24, 2.45) is 0 Å². The summed E-state index contributed by atoms with van der Waals surface area (Å²) in [5, 5.41) is 14.2. The van der Waals surface area contributed by atoms with Gasteiger partial charge in [-0.15, -0.1) is 28.1 Å². The van der Waals surface area contributed by atoms with E-state index in [1.165, 1.54) is 29.2 Å². The van der Waals surface area contributed by atoms with Gasteiger partial charge in [0.25, 0.3) is 0 Å². The summed E-state index contributed by atoms with van der Waals surface area (Å²) < 4.78 is 6.51. The maximum Gasteiger partial charge on any atom is 0.250 e. The third-order valence-corrected chi connectivity index (χ3v) is 6.11. The first-order chi connectivity index (χ1) is 13.6. The van der Waals surface area contributed by atoms with Gasteiger partial charge in [-0.05, 0) is 30.7 Å². The maximum atomic E-state index is 12.0. The average molecular weight is 431 g/mol. The van der Waals surface area contributed by atoms with Crippen molar-refractivity contribution in [3.05, 3.63) is 64.6 Å². The molecule has 1 aromatic carbocycles. The molecule has 3 rings (SSSR count). The van der Waals surface area contributed by atoms with Gasteiger partial charge in [0.2, 0.25) is 11.0 Å². The van der Waals surface area contributed by atoms with Gasteiger partial charge in [-0.3, -0.25) is 10.1 Å². The summed E-state index contributed by atoms with van der Waals surface area (Å²) in [7, 11) is 0. The Labute approximate surface area is 175 Å². The molecule has 1 amide bonds. The van der Waals surface area contributed by atoms with Gasteiger partial charge in [0.15, 0.2) is 4.34 Å². The normalized spacial score (nSPS) is 10.9. The highest BCUT2D eigenvalue weighted by atomic mass is 32.2. The molecule has 0 aliphatic carbocycles. The average Bonchev–Trinajstić information content (AvgIpc) is 3.32. The van der Waals surface area contributed by atoms with E-state index in [-0.39, 0.29) is 5.91 Å². The second kappa shape index (κ2) is 10.2. The van der Waals surface area contributed by atoms with E-state index in [1.807, 2.05) is 36.6 Å². The fourth-order valence-electron chi connectivity index (χ4n) is 2.07. The van der Waals surface area contributed by atoms with Crippen LogP contribution in [0.5, 0.6) is 5.75 Å². The monoisotopic (exact) mass is 430 g/mol. The van der Waals surface area contributed by atoms with Crippen LogP contribution in [0.25, 0.3) is 6.08 Å². The Bertz CT molecular complexity index is 964. The second-order valence-electron chi connectivity index (χ2n) is 5.51. The highest BCUT2D eigenvalue weighted by Gasteiger charge is 2.06. The minimum Gasteiger partial charge on any atom is -0.487 e. The predicted molar refractivity (Wildman–Crippen MR) is 116 cm³/mol. The summed E-state index contributed by atoms with van der Waals surface area (Å²) in [6.45, 7) is 6.07. The lowest BCUT2D eigenvalue weighted by Crippen LogP contribution is -2.07. The molecule has 2 aromatic heterocycles. The number of anilines is 1. The number of aryl methyl sites for hydroxylation is 1. The van der Waals surface area contributed by atoms with Gasteiger partial charge in [0.05, 0.1) is 10.7 Å². The van der Waals surface area contributed by atoms with Crippen LogP contribution < -0.4 is 10.1 Å². The molecule has 0 saturated heterocycles. The first-order valence-electron chi connectivity index (χ1n) is 8.32. The molecule has 0 spiro atoms. The Morgan fingerprint density at radius 3 is 2.86 bits per heavy atom. The topological polar surface area (TPSA) is 77.0 Å². The zero-order valence-corrected chi connectivity index (χ0v) is 17.6. The number of nitrogens with one attached hydrogen (secondary N) is 1. The number of aromatic nitrogens is 3. The highest BCUT2D eigenvalue weighted by Crippen LogP contribution is 2.25. The number of benzene rings is 1. The lowest BCUT2D eigenvalue weighted by atomic mass is 10.2. The molecular formula is C19H18N4O2S3. The van der Waals surface area contributed by atoms with Crippen molar-refractivity contribution in [1.29, 1.82) is 0 Å². The number of rotatable bonds is 9. The standard InChI is InChI=1S/C19H18N4O2S3/c1-3-10-26-19-23-22-18(28-19)21-17(24)9-6-14-4-7-16(8-5-14)25-11-15-12-27-13(2)20-15/h3-9,12H,1,10-11H2,2H3,(H,21,22,24)/b9-6+. The molecule has 0 saturated carbocycles. The van der Waals surface area contributed by atoms with Crippen LogP contribution in [0, 0.1) is 6.92 Å². The van der Waals surface area contributed by atoms with Gasteiger partial charge < -0.3 is 4.74 Å². The first kappa shape index (κ1) is 20.2. The van der Waals surface area contributed by atoms with Crippen LogP contribution in [-0.4, -0.2) is 26.8 Å². The quantitative estimate of drug-likeness (QED) is 0.227. The number of ether oxygens (including phenoxy) is 1. The van der Waals surface area contributed by atoms with Gasteiger partial charge in [-0.1, -0.05) is 41.3 Å². The minimum atomic E-state index is -0.254. The summed E-state index contributed by atoms with van der Waals surface area (Å²) in [6.07, 6.45) is 4.99. The van der Waals surface area contributed by atoms with E-state index in [9.17, 15) is 4.79 Å². The molecule has 0 bridgehead atoms. The Hall–Kier alpha value is -2.49. The summed E-state index contributed by atoms with van der Waals surface area (Å²) in [4.78, 5) is 16.4. The van der Waals surface area contributed by atoms with Gasteiger partial charge in [-0.25, -0.2) is 4.98 Å². The third-order valence-electron chi connectivity index (χ3n) is 3.32. The molecule has 0 radical (unpaired) electrons. The number of carbonyl (C=O) groups excluding carboxylic acids is 1. The summed E-state index contributed by atoms with van der Waals surface area (Å²) in [6, 6.07) is 7.51. The van der Waals surface area contributed by atoms with E-state index in [0.29, 0.717) is 11.7 Å². The molecule has 9 heteroatoms. The molecule has 144 valence electrons. The summed E-state index contributed by atoms with van der Waals surface area (Å²) >= 11 is 4.47. The Kier molecular flexibility index (Phi) is 7.35. The SMILES string of the molecule is C=CCSc1nnc(NC(=O)/C=C/c2ccc(OCc3csc(C)n3)cc2)s1. The Balaban J connectivity index is 1.48. The van der Waals surface area contributed by atoms with Gasteiger partial charge in [0, 0.05) is 17.2 Å². The van der Waals surface area contributed by atoms with Crippen LogP contribution in [0.2, 0.25) is 0 Å². The maximum absolute atomic E-state index is 12.0. The molecule has 0 atom stereocenters. The number of hydrogen-bond donors (Lipinski definition) is 1. The Morgan fingerprint density at radius 2 is 2.14 bits per heavy atom. The van der Waals surface area contributed by atoms with Crippen LogP contribution in [-0.2, 0) is 11.4 Å². The zero-order valence-electron chi connectivity index (χ0n) is 15.1. The molecule has 0 aliphatic heterocycles. The molecule has 0 unspecified atom stereocenters.